The lowest BCUT2D eigenvalue weighted by molar-refractivity contribution is -0.142. The van der Waals surface area contributed by atoms with E-state index in [0.717, 1.165) is 34.9 Å². The van der Waals surface area contributed by atoms with Crippen molar-refractivity contribution in [3.63, 3.8) is 0 Å². The van der Waals surface area contributed by atoms with Crippen molar-refractivity contribution in [2.75, 3.05) is 20.1 Å². The first kappa shape index (κ1) is 26.4. The minimum absolute atomic E-state index is 0.0393. The van der Waals surface area contributed by atoms with E-state index in [1.54, 1.807) is 9.80 Å². The zero-order valence-electron chi connectivity index (χ0n) is 21.4. The first-order valence-corrected chi connectivity index (χ1v) is 13.6. The molecule has 7 nitrogen and oxygen atoms in total. The van der Waals surface area contributed by atoms with Gasteiger partial charge in [-0.2, -0.15) is 22.6 Å². The Bertz CT molecular complexity index is 1330. The summed E-state index contributed by atoms with van der Waals surface area (Å²) in [7, 11) is 1.84. The molecule has 2 aromatic heterocycles. The van der Waals surface area contributed by atoms with Gasteiger partial charge < -0.3 is 9.80 Å². The van der Waals surface area contributed by atoms with E-state index in [1.807, 2.05) is 25.2 Å². The number of rotatable bonds is 5. The Labute approximate surface area is 223 Å². The highest BCUT2D eigenvalue weighted by atomic mass is 32.1. The second kappa shape index (κ2) is 10.5. The van der Waals surface area contributed by atoms with Crippen molar-refractivity contribution in [1.82, 2.24) is 24.0 Å². The number of alkyl halides is 3. The first-order valence-electron chi connectivity index (χ1n) is 12.8. The molecule has 38 heavy (non-hydrogen) atoms. The summed E-state index contributed by atoms with van der Waals surface area (Å²) >= 11 is 1.33. The Morgan fingerprint density at radius 2 is 1.87 bits per heavy atom. The standard InChI is InChI=1S/C27H30F3N5O2S/c1-17-14-24(27(28,29)30)31-35(17)16-25(36)34-12-10-19(11-13-34)23-15-21(32-38-23)26(37)33(2)22-9-5-7-18-6-3-4-8-20(18)22/h3-4,6,8,14-15,19,22H,5,7,9-13,16H2,1-2H3. The zero-order valence-corrected chi connectivity index (χ0v) is 22.2. The van der Waals surface area contributed by atoms with Crippen LogP contribution in [0.2, 0.25) is 0 Å². The van der Waals surface area contributed by atoms with Crippen LogP contribution in [0.15, 0.2) is 36.4 Å². The van der Waals surface area contributed by atoms with Crippen LogP contribution in [0.5, 0.6) is 0 Å². The molecule has 1 fully saturated rings. The molecule has 2 aliphatic rings. The fraction of sp³-hybridized carbons (Fsp3) is 0.481. The molecule has 2 amide bonds. The molecule has 0 bridgehead atoms. The highest BCUT2D eigenvalue weighted by Crippen LogP contribution is 2.36. The van der Waals surface area contributed by atoms with Crippen molar-refractivity contribution in [3.8, 4) is 0 Å². The SMILES string of the molecule is Cc1cc(C(F)(F)F)nn1CC(=O)N1CCC(c2cc(C(=O)N(C)C3CCCc4ccccc43)ns2)CC1. The predicted octanol–water partition coefficient (Wildman–Crippen LogP) is 5.22. The van der Waals surface area contributed by atoms with Crippen LogP contribution in [-0.2, 0) is 23.9 Å². The maximum Gasteiger partial charge on any atom is 0.435 e. The minimum atomic E-state index is -4.54. The van der Waals surface area contributed by atoms with Crippen LogP contribution in [0.25, 0.3) is 0 Å². The molecule has 1 atom stereocenters. The number of hydrogen-bond donors (Lipinski definition) is 0. The normalized spacial score (nSPS) is 18.3. The van der Waals surface area contributed by atoms with Crippen LogP contribution in [0.1, 0.15) is 75.5 Å². The second-order valence-corrected chi connectivity index (χ2v) is 11.0. The quantitative estimate of drug-likeness (QED) is 0.441. The molecule has 0 saturated carbocycles. The second-order valence-electron chi connectivity index (χ2n) is 10.1. The van der Waals surface area contributed by atoms with Gasteiger partial charge in [0.1, 0.15) is 12.2 Å². The third-order valence-corrected chi connectivity index (χ3v) is 8.63. The Balaban J connectivity index is 1.18. The van der Waals surface area contributed by atoms with Crippen molar-refractivity contribution >= 4 is 23.3 Å². The molecule has 1 saturated heterocycles. The summed E-state index contributed by atoms with van der Waals surface area (Å²) in [4.78, 5) is 30.5. The van der Waals surface area contributed by atoms with Crippen LogP contribution in [0.3, 0.4) is 0 Å². The summed E-state index contributed by atoms with van der Waals surface area (Å²) in [5, 5.41) is 3.56. The maximum absolute atomic E-state index is 13.3. The Morgan fingerprint density at radius 3 is 2.58 bits per heavy atom. The lowest BCUT2D eigenvalue weighted by atomic mass is 9.87. The Hall–Kier alpha value is -3.21. The van der Waals surface area contributed by atoms with Gasteiger partial charge in [-0.05, 0) is 79.7 Å². The molecule has 5 rings (SSSR count). The van der Waals surface area contributed by atoms with E-state index < -0.39 is 11.9 Å². The van der Waals surface area contributed by atoms with Gasteiger partial charge in [-0.1, -0.05) is 24.3 Å². The topological polar surface area (TPSA) is 71.3 Å². The predicted molar refractivity (Wildman–Crippen MR) is 137 cm³/mol. The van der Waals surface area contributed by atoms with Crippen molar-refractivity contribution in [3.05, 3.63) is 69.5 Å². The molecule has 1 aromatic carbocycles. The number of aryl methyl sites for hydroxylation is 2. The number of nitrogens with zero attached hydrogens (tertiary/aromatic N) is 5. The van der Waals surface area contributed by atoms with E-state index >= 15 is 0 Å². The van der Waals surface area contributed by atoms with Crippen LogP contribution in [-0.4, -0.2) is 55.9 Å². The third kappa shape index (κ3) is 5.34. The fourth-order valence-corrected chi connectivity index (χ4v) is 6.37. The van der Waals surface area contributed by atoms with E-state index in [1.165, 1.54) is 29.6 Å². The highest BCUT2D eigenvalue weighted by molar-refractivity contribution is 7.06. The van der Waals surface area contributed by atoms with Crippen molar-refractivity contribution in [1.29, 1.82) is 0 Å². The average Bonchev–Trinajstić information content (AvgIpc) is 3.55. The molecule has 3 heterocycles. The zero-order chi connectivity index (χ0) is 27.0. The first-order chi connectivity index (χ1) is 18.1. The van der Waals surface area contributed by atoms with Crippen molar-refractivity contribution < 1.29 is 22.8 Å². The number of piperidine rings is 1. The molecule has 0 spiro atoms. The number of halogens is 3. The average molecular weight is 546 g/mol. The number of carbonyl (C=O) groups is 2. The number of hydrogen-bond acceptors (Lipinski definition) is 5. The molecule has 11 heteroatoms. The van der Waals surface area contributed by atoms with Gasteiger partial charge in [-0.15, -0.1) is 0 Å². The van der Waals surface area contributed by atoms with Crippen LogP contribution < -0.4 is 0 Å². The van der Waals surface area contributed by atoms with Gasteiger partial charge in [0, 0.05) is 30.7 Å². The number of carbonyl (C=O) groups excluding carboxylic acids is 2. The summed E-state index contributed by atoms with van der Waals surface area (Å²) in [5.41, 5.74) is 2.26. The molecular weight excluding hydrogens is 515 g/mol. The maximum atomic E-state index is 13.3. The summed E-state index contributed by atoms with van der Waals surface area (Å²) in [6.45, 7) is 2.28. The summed E-state index contributed by atoms with van der Waals surface area (Å²) < 4.78 is 44.4. The molecule has 3 aromatic rings. The Kier molecular flexibility index (Phi) is 7.30. The summed E-state index contributed by atoms with van der Waals surface area (Å²) in [6.07, 6.45) is -0.117. The van der Waals surface area contributed by atoms with Crippen LogP contribution in [0.4, 0.5) is 13.2 Å². The minimum Gasteiger partial charge on any atom is -0.341 e. The monoisotopic (exact) mass is 545 g/mol. The lowest BCUT2D eigenvalue weighted by Crippen LogP contribution is -2.40. The number of aromatic nitrogens is 3. The molecule has 1 aliphatic carbocycles. The van der Waals surface area contributed by atoms with Crippen LogP contribution >= 0.6 is 11.5 Å². The van der Waals surface area contributed by atoms with E-state index in [-0.39, 0.29) is 30.3 Å². The van der Waals surface area contributed by atoms with Gasteiger partial charge in [-0.25, -0.2) is 0 Å². The van der Waals surface area contributed by atoms with Crippen molar-refractivity contribution in [2.24, 2.45) is 0 Å². The van der Waals surface area contributed by atoms with Gasteiger partial charge in [0.15, 0.2) is 5.69 Å². The van der Waals surface area contributed by atoms with Gasteiger partial charge >= 0.3 is 6.18 Å². The number of likely N-dealkylation sites (tertiary alicyclic amines) is 1. The molecule has 1 unspecified atom stereocenters. The molecule has 0 radical (unpaired) electrons. The smallest absolute Gasteiger partial charge is 0.341 e. The number of amides is 2. The van der Waals surface area contributed by atoms with Gasteiger partial charge in [0.05, 0.1) is 6.04 Å². The van der Waals surface area contributed by atoms with Gasteiger partial charge in [0.25, 0.3) is 5.91 Å². The largest absolute Gasteiger partial charge is 0.435 e. The van der Waals surface area contributed by atoms with E-state index in [0.29, 0.717) is 37.3 Å². The molecular formula is C27H30F3N5O2S. The summed E-state index contributed by atoms with van der Waals surface area (Å²) in [5.74, 6) is -0.158. The van der Waals surface area contributed by atoms with E-state index in [9.17, 15) is 22.8 Å². The highest BCUT2D eigenvalue weighted by Gasteiger charge is 2.35. The molecule has 0 N–H and O–H groups in total. The van der Waals surface area contributed by atoms with Gasteiger partial charge in [-0.3, -0.25) is 14.3 Å². The molecule has 202 valence electrons. The number of fused-ring (bicyclic) bond motifs is 1. The molecule has 1 aliphatic heterocycles. The third-order valence-electron chi connectivity index (χ3n) is 7.68. The van der Waals surface area contributed by atoms with E-state index in [4.69, 9.17) is 0 Å². The summed E-state index contributed by atoms with van der Waals surface area (Å²) in [6, 6.07) is 11.2. The van der Waals surface area contributed by atoms with Gasteiger partial charge in [0.2, 0.25) is 5.91 Å². The number of benzene rings is 1. The lowest BCUT2D eigenvalue weighted by Gasteiger charge is -2.33. The van der Waals surface area contributed by atoms with Crippen LogP contribution in [0, 0.1) is 6.92 Å². The van der Waals surface area contributed by atoms with E-state index in [2.05, 4.69) is 21.6 Å². The van der Waals surface area contributed by atoms with Crippen molar-refractivity contribution in [2.45, 2.75) is 63.7 Å². The fourth-order valence-electron chi connectivity index (χ4n) is 5.49. The Morgan fingerprint density at radius 1 is 1.13 bits per heavy atom.